The maximum absolute atomic E-state index is 10.6. The first-order chi connectivity index (χ1) is 12.1. The first-order valence-corrected chi connectivity index (χ1v) is 7.67. The molecule has 2 aromatic carbocycles. The second-order valence-corrected chi connectivity index (χ2v) is 5.18. The van der Waals surface area contributed by atoms with E-state index in [0.29, 0.717) is 22.2 Å². The maximum atomic E-state index is 10.6. The average Bonchev–Trinajstić information content (AvgIpc) is 2.61. The maximum Gasteiger partial charge on any atom is 0.341 e. The Kier molecular flexibility index (Phi) is 6.73. The van der Waals surface area contributed by atoms with Crippen LogP contribution in [0.25, 0.3) is 0 Å². The van der Waals surface area contributed by atoms with Crippen LogP contribution in [0.2, 0.25) is 0 Å². The van der Waals surface area contributed by atoms with Gasteiger partial charge in [0.1, 0.15) is 11.5 Å². The zero-order chi connectivity index (χ0) is 18.1. The zero-order valence-electron chi connectivity index (χ0n) is 13.4. The van der Waals surface area contributed by atoms with E-state index in [2.05, 4.69) is 15.8 Å². The molecule has 0 aromatic heterocycles. The van der Waals surface area contributed by atoms with E-state index in [1.807, 2.05) is 18.2 Å². The smallest absolute Gasteiger partial charge is 0.341 e. The summed E-state index contributed by atoms with van der Waals surface area (Å²) in [5.41, 5.74) is 4.07. The number of benzene rings is 2. The number of nitrogens with zero attached hydrogens (tertiary/aromatic N) is 1. The van der Waals surface area contributed by atoms with Gasteiger partial charge < -0.3 is 19.9 Å². The van der Waals surface area contributed by atoms with Gasteiger partial charge in [-0.15, -0.1) is 0 Å². The van der Waals surface area contributed by atoms with Crippen LogP contribution in [-0.4, -0.2) is 36.1 Å². The largest absolute Gasteiger partial charge is 0.497 e. The normalized spacial score (nSPS) is 10.3. The summed E-state index contributed by atoms with van der Waals surface area (Å²) in [6, 6.07) is 14.3. The number of para-hydroxylation sites is 1. The molecule has 8 heteroatoms. The number of thiocarbonyl (C=S) groups is 1. The number of ether oxygens (including phenoxy) is 2. The van der Waals surface area contributed by atoms with Gasteiger partial charge >= 0.3 is 5.97 Å². The van der Waals surface area contributed by atoms with Crippen LogP contribution < -0.4 is 20.2 Å². The predicted molar refractivity (Wildman–Crippen MR) is 99.5 cm³/mol. The molecule has 0 amide bonds. The minimum atomic E-state index is -1.05. The van der Waals surface area contributed by atoms with Gasteiger partial charge in [0.15, 0.2) is 11.7 Å². The highest BCUT2D eigenvalue weighted by molar-refractivity contribution is 7.80. The Balaban J connectivity index is 1.94. The number of carboxylic acids is 1. The summed E-state index contributed by atoms with van der Waals surface area (Å²) >= 11 is 5.16. The van der Waals surface area contributed by atoms with Crippen molar-refractivity contribution < 1.29 is 19.4 Å². The number of nitrogens with one attached hydrogen (secondary N) is 2. The number of carboxylic acid groups (broad SMARTS) is 1. The van der Waals surface area contributed by atoms with Crippen molar-refractivity contribution in [1.29, 1.82) is 0 Å². The van der Waals surface area contributed by atoms with E-state index < -0.39 is 12.6 Å². The lowest BCUT2D eigenvalue weighted by Crippen LogP contribution is -2.23. The predicted octanol–water partition coefficient (Wildman–Crippen LogP) is 2.48. The number of hydrogen-bond donors (Lipinski definition) is 3. The molecule has 130 valence electrons. The Hall–Kier alpha value is -3.13. The molecule has 0 saturated carbocycles. The summed E-state index contributed by atoms with van der Waals surface area (Å²) in [4.78, 5) is 10.6. The molecule has 2 rings (SSSR count). The molecule has 0 bridgehead atoms. The molecule has 0 unspecified atom stereocenters. The van der Waals surface area contributed by atoms with E-state index in [-0.39, 0.29) is 0 Å². The molecule has 0 aliphatic heterocycles. The minimum Gasteiger partial charge on any atom is -0.497 e. The molecule has 7 nitrogen and oxygen atoms in total. The van der Waals surface area contributed by atoms with E-state index in [4.69, 9.17) is 26.8 Å². The fourth-order valence-corrected chi connectivity index (χ4v) is 2.05. The monoisotopic (exact) mass is 359 g/mol. The number of anilines is 1. The van der Waals surface area contributed by atoms with Gasteiger partial charge in [-0.25, -0.2) is 4.79 Å². The van der Waals surface area contributed by atoms with Crippen molar-refractivity contribution in [3.05, 3.63) is 54.1 Å². The highest BCUT2D eigenvalue weighted by Gasteiger charge is 2.03. The van der Waals surface area contributed by atoms with Crippen LogP contribution in [0.3, 0.4) is 0 Å². The molecule has 0 radical (unpaired) electrons. The third kappa shape index (κ3) is 6.11. The topological polar surface area (TPSA) is 92.2 Å². The molecule has 0 fully saturated rings. The standard InChI is InChI=1S/C17H17N3O4S/c1-23-14-7-4-6-13(9-14)19-17(25)20-18-10-12-5-2-3-8-15(12)24-11-16(21)22/h2-10H,11H2,1H3,(H,21,22)(H2,19,20,25)/b18-10+. The van der Waals surface area contributed by atoms with Crippen molar-refractivity contribution in [3.63, 3.8) is 0 Å². The summed E-state index contributed by atoms with van der Waals surface area (Å²) in [5, 5.41) is 16.0. The second kappa shape index (κ2) is 9.24. The van der Waals surface area contributed by atoms with Gasteiger partial charge in [-0.05, 0) is 36.5 Å². The van der Waals surface area contributed by atoms with Gasteiger partial charge in [-0.3, -0.25) is 5.43 Å². The van der Waals surface area contributed by atoms with Crippen LogP contribution in [0.15, 0.2) is 53.6 Å². The molecular formula is C17H17N3O4S. The zero-order valence-corrected chi connectivity index (χ0v) is 14.2. The summed E-state index contributed by atoms with van der Waals surface area (Å²) in [7, 11) is 1.59. The fourth-order valence-electron chi connectivity index (χ4n) is 1.88. The van der Waals surface area contributed by atoms with Crippen molar-refractivity contribution in [3.8, 4) is 11.5 Å². The van der Waals surface area contributed by atoms with Crippen molar-refractivity contribution in [2.75, 3.05) is 19.0 Å². The molecule has 0 saturated heterocycles. The number of carbonyl (C=O) groups is 1. The minimum absolute atomic E-state index is 0.299. The molecule has 25 heavy (non-hydrogen) atoms. The van der Waals surface area contributed by atoms with Gasteiger partial charge in [0.2, 0.25) is 0 Å². The molecule has 0 atom stereocenters. The molecule has 0 aliphatic carbocycles. The number of rotatable bonds is 7. The highest BCUT2D eigenvalue weighted by atomic mass is 32.1. The van der Waals surface area contributed by atoms with E-state index in [1.54, 1.807) is 37.4 Å². The fraction of sp³-hybridized carbons (Fsp3) is 0.118. The molecule has 0 heterocycles. The second-order valence-electron chi connectivity index (χ2n) is 4.78. The third-order valence-corrected chi connectivity index (χ3v) is 3.16. The molecule has 3 N–H and O–H groups in total. The van der Waals surface area contributed by atoms with Crippen molar-refractivity contribution >= 4 is 35.2 Å². The van der Waals surface area contributed by atoms with Crippen molar-refractivity contribution in [2.45, 2.75) is 0 Å². The van der Waals surface area contributed by atoms with Crippen LogP contribution in [0.1, 0.15) is 5.56 Å². The van der Waals surface area contributed by atoms with E-state index in [9.17, 15) is 4.79 Å². The van der Waals surface area contributed by atoms with Gasteiger partial charge in [0.05, 0.1) is 13.3 Å². The van der Waals surface area contributed by atoms with Crippen LogP contribution in [0, 0.1) is 0 Å². The van der Waals surface area contributed by atoms with Gasteiger partial charge in [-0.2, -0.15) is 5.10 Å². The first kappa shape index (κ1) is 18.2. The highest BCUT2D eigenvalue weighted by Crippen LogP contribution is 2.17. The summed E-state index contributed by atoms with van der Waals surface area (Å²) in [6.45, 7) is -0.423. The number of hydrazone groups is 1. The molecule has 0 aliphatic rings. The van der Waals surface area contributed by atoms with Crippen molar-refractivity contribution in [2.24, 2.45) is 5.10 Å². The SMILES string of the molecule is COc1cccc(NC(=S)N/N=C/c2ccccc2OCC(=O)O)c1. The van der Waals surface area contributed by atoms with Crippen LogP contribution in [0.4, 0.5) is 5.69 Å². The van der Waals surface area contributed by atoms with Gasteiger partial charge in [0.25, 0.3) is 0 Å². The van der Waals surface area contributed by atoms with Crippen LogP contribution >= 0.6 is 12.2 Å². The molecule has 0 spiro atoms. The van der Waals surface area contributed by atoms with E-state index >= 15 is 0 Å². The lowest BCUT2D eigenvalue weighted by molar-refractivity contribution is -0.139. The Morgan fingerprint density at radius 1 is 1.28 bits per heavy atom. The summed E-state index contributed by atoms with van der Waals surface area (Å²) in [6.07, 6.45) is 1.50. The van der Waals surface area contributed by atoms with E-state index in [1.165, 1.54) is 6.21 Å². The Bertz CT molecular complexity index is 780. The van der Waals surface area contributed by atoms with Crippen LogP contribution in [0.5, 0.6) is 11.5 Å². The van der Waals surface area contributed by atoms with Crippen molar-refractivity contribution in [1.82, 2.24) is 5.43 Å². The first-order valence-electron chi connectivity index (χ1n) is 7.26. The Morgan fingerprint density at radius 2 is 2.08 bits per heavy atom. The lowest BCUT2D eigenvalue weighted by Gasteiger charge is -2.09. The Morgan fingerprint density at radius 3 is 2.84 bits per heavy atom. The number of methoxy groups -OCH3 is 1. The molecule has 2 aromatic rings. The summed E-state index contributed by atoms with van der Waals surface area (Å²) in [5.74, 6) is 0.0801. The van der Waals surface area contributed by atoms with Gasteiger partial charge in [-0.1, -0.05) is 18.2 Å². The number of hydrogen-bond acceptors (Lipinski definition) is 5. The molecular weight excluding hydrogens is 342 g/mol. The Labute approximate surface area is 150 Å². The average molecular weight is 359 g/mol. The third-order valence-electron chi connectivity index (χ3n) is 2.97. The van der Waals surface area contributed by atoms with E-state index in [0.717, 1.165) is 5.69 Å². The quantitative estimate of drug-likeness (QED) is 0.397. The van der Waals surface area contributed by atoms with Gasteiger partial charge in [0, 0.05) is 17.3 Å². The summed E-state index contributed by atoms with van der Waals surface area (Å²) < 4.78 is 10.3. The number of aliphatic carboxylic acids is 1. The van der Waals surface area contributed by atoms with Crippen LogP contribution in [-0.2, 0) is 4.79 Å². The lowest BCUT2D eigenvalue weighted by atomic mass is 10.2.